The van der Waals surface area contributed by atoms with Gasteiger partial charge in [-0.25, -0.2) is 9.18 Å². The topological polar surface area (TPSA) is 73.2 Å². The van der Waals surface area contributed by atoms with E-state index in [9.17, 15) is 14.0 Å². The quantitative estimate of drug-likeness (QED) is 0.826. The van der Waals surface area contributed by atoms with Gasteiger partial charge in [-0.05, 0) is 45.4 Å². The number of benzene rings is 1. The minimum absolute atomic E-state index is 0.113. The number of hydrogen-bond donors (Lipinski definition) is 1. The lowest BCUT2D eigenvalue weighted by Gasteiger charge is -2.18. The van der Waals surface area contributed by atoms with Crippen LogP contribution in [0.25, 0.3) is 0 Å². The minimum Gasteiger partial charge on any atom is -0.442 e. The van der Waals surface area contributed by atoms with Crippen LogP contribution in [0.4, 0.5) is 15.0 Å². The van der Waals surface area contributed by atoms with Crippen LogP contribution in [-0.2, 0) is 4.74 Å². The summed E-state index contributed by atoms with van der Waals surface area (Å²) in [4.78, 5) is 24.0. The fraction of sp³-hybridized carbons (Fsp3) is 0.312. The monoisotopic (exact) mass is 397 g/mol. The molecule has 0 aliphatic carbocycles. The van der Waals surface area contributed by atoms with E-state index in [1.165, 1.54) is 24.4 Å². The fourth-order valence-electron chi connectivity index (χ4n) is 1.80. The highest BCUT2D eigenvalue weighted by Crippen LogP contribution is 2.21. The molecule has 0 unspecified atom stereocenters. The number of nitrogens with one attached hydrogen (secondary N) is 1. The summed E-state index contributed by atoms with van der Waals surface area (Å²) in [7, 11) is 0. The van der Waals surface area contributed by atoms with E-state index in [4.69, 9.17) is 4.74 Å². The first-order valence-corrected chi connectivity index (χ1v) is 7.92. The van der Waals surface area contributed by atoms with E-state index in [1.54, 1.807) is 27.7 Å². The number of rotatable bonds is 2. The Bertz CT molecular complexity index is 796. The summed E-state index contributed by atoms with van der Waals surface area (Å²) in [6, 6.07) is 4.08. The first-order valence-electron chi connectivity index (χ1n) is 7.13. The molecule has 0 atom stereocenters. The van der Waals surface area contributed by atoms with Crippen LogP contribution < -0.4 is 5.32 Å². The SMILES string of the molecule is Cc1cc(F)c(C(=O)Nc2ccn(C(=O)OC(C)(C)C)n2)cc1Br. The van der Waals surface area contributed by atoms with Crippen molar-refractivity contribution in [3.63, 3.8) is 0 Å². The van der Waals surface area contributed by atoms with Gasteiger partial charge in [0.05, 0.1) is 5.56 Å². The van der Waals surface area contributed by atoms with Crippen molar-refractivity contribution in [3.8, 4) is 0 Å². The van der Waals surface area contributed by atoms with Gasteiger partial charge in [-0.3, -0.25) is 4.79 Å². The van der Waals surface area contributed by atoms with Crippen molar-refractivity contribution in [1.29, 1.82) is 0 Å². The molecule has 1 N–H and O–H groups in total. The zero-order valence-corrected chi connectivity index (χ0v) is 15.3. The van der Waals surface area contributed by atoms with Crippen molar-refractivity contribution >= 4 is 33.7 Å². The lowest BCUT2D eigenvalue weighted by Crippen LogP contribution is -2.27. The van der Waals surface area contributed by atoms with Crippen LogP contribution in [0.5, 0.6) is 0 Å². The molecule has 2 rings (SSSR count). The van der Waals surface area contributed by atoms with Crippen molar-refractivity contribution < 1.29 is 18.7 Å². The number of amides is 1. The first kappa shape index (κ1) is 18.1. The van der Waals surface area contributed by atoms with Crippen LogP contribution in [0, 0.1) is 12.7 Å². The molecule has 8 heteroatoms. The summed E-state index contributed by atoms with van der Waals surface area (Å²) in [6.07, 6.45) is 0.678. The summed E-state index contributed by atoms with van der Waals surface area (Å²) in [5, 5.41) is 6.35. The zero-order chi connectivity index (χ0) is 18.1. The smallest absolute Gasteiger partial charge is 0.435 e. The van der Waals surface area contributed by atoms with Gasteiger partial charge in [-0.15, -0.1) is 5.10 Å². The van der Waals surface area contributed by atoms with Crippen molar-refractivity contribution in [1.82, 2.24) is 9.78 Å². The second-order valence-electron chi connectivity index (χ2n) is 6.16. The van der Waals surface area contributed by atoms with E-state index >= 15 is 0 Å². The van der Waals surface area contributed by atoms with Crippen molar-refractivity contribution in [2.45, 2.75) is 33.3 Å². The molecule has 1 amide bonds. The molecule has 128 valence electrons. The third kappa shape index (κ3) is 4.41. The summed E-state index contributed by atoms with van der Waals surface area (Å²) >= 11 is 3.26. The lowest BCUT2D eigenvalue weighted by atomic mass is 10.1. The predicted octanol–water partition coefficient (Wildman–Crippen LogP) is 4.13. The average Bonchev–Trinajstić information content (AvgIpc) is 2.89. The molecule has 6 nitrogen and oxygen atoms in total. The molecule has 1 aromatic heterocycles. The van der Waals surface area contributed by atoms with Crippen LogP contribution in [0.15, 0.2) is 28.9 Å². The minimum atomic E-state index is -0.674. The molecule has 24 heavy (non-hydrogen) atoms. The molecule has 0 aliphatic rings. The molecular weight excluding hydrogens is 381 g/mol. The van der Waals surface area contributed by atoms with E-state index in [0.717, 1.165) is 4.68 Å². The van der Waals surface area contributed by atoms with Crippen LogP contribution in [-0.4, -0.2) is 27.4 Å². The Morgan fingerprint density at radius 1 is 1.33 bits per heavy atom. The summed E-state index contributed by atoms with van der Waals surface area (Å²) in [6.45, 7) is 6.91. The Hall–Kier alpha value is -2.22. The normalized spacial score (nSPS) is 11.2. The van der Waals surface area contributed by atoms with E-state index < -0.39 is 23.4 Å². The van der Waals surface area contributed by atoms with Crippen molar-refractivity contribution in [3.05, 3.63) is 45.8 Å². The van der Waals surface area contributed by atoms with E-state index in [2.05, 4.69) is 26.3 Å². The number of ether oxygens (including phenoxy) is 1. The third-order valence-electron chi connectivity index (χ3n) is 2.90. The molecule has 0 saturated heterocycles. The second-order valence-corrected chi connectivity index (χ2v) is 7.02. The number of hydrogen-bond acceptors (Lipinski definition) is 4. The van der Waals surface area contributed by atoms with Gasteiger partial charge in [0.1, 0.15) is 11.4 Å². The number of aryl methyl sites for hydroxylation is 1. The average molecular weight is 398 g/mol. The molecule has 1 aromatic carbocycles. The van der Waals surface area contributed by atoms with Crippen LogP contribution >= 0.6 is 15.9 Å². The number of carbonyl (C=O) groups excluding carboxylic acids is 2. The van der Waals surface area contributed by atoms with E-state index in [0.29, 0.717) is 10.0 Å². The zero-order valence-electron chi connectivity index (χ0n) is 13.7. The molecule has 0 saturated carbocycles. The molecule has 2 aromatic rings. The Kier molecular flexibility index (Phi) is 5.08. The van der Waals surface area contributed by atoms with Gasteiger partial charge in [0.2, 0.25) is 0 Å². The Morgan fingerprint density at radius 3 is 2.62 bits per heavy atom. The summed E-state index contributed by atoms with van der Waals surface area (Å²) in [5.74, 6) is -1.19. The molecule has 0 bridgehead atoms. The second kappa shape index (κ2) is 6.72. The number of aromatic nitrogens is 2. The Labute approximate surface area is 147 Å². The number of nitrogens with zero attached hydrogens (tertiary/aromatic N) is 2. The number of halogens is 2. The predicted molar refractivity (Wildman–Crippen MR) is 90.6 cm³/mol. The van der Waals surface area contributed by atoms with Gasteiger partial charge in [-0.2, -0.15) is 4.68 Å². The number of anilines is 1. The lowest BCUT2D eigenvalue weighted by molar-refractivity contribution is 0.0514. The van der Waals surface area contributed by atoms with Gasteiger partial charge in [0, 0.05) is 16.7 Å². The number of carbonyl (C=O) groups is 2. The van der Waals surface area contributed by atoms with Crippen LogP contribution in [0.2, 0.25) is 0 Å². The van der Waals surface area contributed by atoms with Crippen LogP contribution in [0.3, 0.4) is 0 Å². The van der Waals surface area contributed by atoms with Gasteiger partial charge in [0.15, 0.2) is 5.82 Å². The Balaban J connectivity index is 2.14. The molecule has 0 aliphatic heterocycles. The van der Waals surface area contributed by atoms with E-state index in [1.807, 2.05) is 0 Å². The summed E-state index contributed by atoms with van der Waals surface area (Å²) in [5.41, 5.74) is -0.110. The standard InChI is InChI=1S/C16H17BrFN3O3/c1-9-7-12(18)10(8-11(9)17)14(22)19-13-5-6-21(20-13)15(23)24-16(2,3)4/h5-8H,1-4H3,(H,19,20,22). The highest BCUT2D eigenvalue weighted by atomic mass is 79.9. The summed E-state index contributed by atoms with van der Waals surface area (Å²) < 4.78 is 20.7. The third-order valence-corrected chi connectivity index (χ3v) is 3.76. The molecule has 0 spiro atoms. The van der Waals surface area contributed by atoms with Crippen LogP contribution in [0.1, 0.15) is 36.7 Å². The van der Waals surface area contributed by atoms with Crippen molar-refractivity contribution in [2.75, 3.05) is 5.32 Å². The van der Waals surface area contributed by atoms with Crippen molar-refractivity contribution in [2.24, 2.45) is 0 Å². The molecular formula is C16H17BrFN3O3. The van der Waals surface area contributed by atoms with Gasteiger partial charge in [-0.1, -0.05) is 15.9 Å². The fourth-order valence-corrected chi connectivity index (χ4v) is 2.15. The maximum Gasteiger partial charge on any atom is 0.435 e. The molecule has 1 heterocycles. The van der Waals surface area contributed by atoms with Gasteiger partial charge in [0.25, 0.3) is 5.91 Å². The first-order chi connectivity index (χ1) is 11.1. The van der Waals surface area contributed by atoms with Gasteiger partial charge < -0.3 is 10.1 Å². The molecule has 0 fully saturated rings. The van der Waals surface area contributed by atoms with Gasteiger partial charge >= 0.3 is 6.09 Å². The molecule has 0 radical (unpaired) electrons. The Morgan fingerprint density at radius 2 is 2.00 bits per heavy atom. The largest absolute Gasteiger partial charge is 0.442 e. The highest BCUT2D eigenvalue weighted by Gasteiger charge is 2.20. The van der Waals surface area contributed by atoms with E-state index in [-0.39, 0.29) is 11.4 Å². The maximum atomic E-state index is 13.9. The maximum absolute atomic E-state index is 13.9. The highest BCUT2D eigenvalue weighted by molar-refractivity contribution is 9.10.